The third kappa shape index (κ3) is 5.34. The molecule has 0 aliphatic carbocycles. The molecule has 0 spiro atoms. The van der Waals surface area contributed by atoms with Gasteiger partial charge in [0.25, 0.3) is 0 Å². The molecule has 0 atom stereocenters. The van der Waals surface area contributed by atoms with Crippen molar-refractivity contribution in [2.24, 2.45) is 4.99 Å². The molecule has 0 saturated heterocycles. The highest BCUT2D eigenvalue weighted by Gasteiger charge is 1.78. The predicted octanol–water partition coefficient (Wildman–Crippen LogP) is 0.359. The summed E-state index contributed by atoms with van der Waals surface area (Å²) in [7, 11) is 0. The van der Waals surface area contributed by atoms with E-state index in [1.807, 2.05) is 6.92 Å². The average Bonchev–Trinajstić information content (AvgIpc) is 1.81. The van der Waals surface area contributed by atoms with Crippen LogP contribution in [0, 0.1) is 0 Å². The fourth-order valence-electron chi connectivity index (χ4n) is 0.300. The third-order valence-corrected chi connectivity index (χ3v) is 0.616. The molecule has 0 fully saturated rings. The van der Waals surface area contributed by atoms with Crippen LogP contribution in [0.15, 0.2) is 4.99 Å². The number of isocyanates is 1. The highest BCUT2D eigenvalue weighted by Crippen LogP contribution is 1.71. The monoisotopic (exact) mass is 115 g/mol. The van der Waals surface area contributed by atoms with Gasteiger partial charge in [-0.25, -0.2) is 9.79 Å². The maximum absolute atomic E-state index is 9.42. The lowest BCUT2D eigenvalue weighted by Crippen LogP contribution is -1.95. The molecule has 0 aromatic heterocycles. The van der Waals surface area contributed by atoms with Crippen LogP contribution < -0.4 is 0 Å². The minimum absolute atomic E-state index is 0.428. The van der Waals surface area contributed by atoms with E-state index >= 15 is 0 Å². The normalized spacial score (nSPS) is 8.12. The minimum atomic E-state index is 0.428. The molecule has 0 aliphatic heterocycles. The minimum Gasteiger partial charge on any atom is -0.380 e. The maximum Gasteiger partial charge on any atom is 0.235 e. The number of carbonyl (C=O) groups excluding carboxylic acids is 1. The number of hydrogen-bond acceptors (Lipinski definition) is 3. The van der Waals surface area contributed by atoms with Crippen molar-refractivity contribution < 1.29 is 9.53 Å². The Balaban J connectivity index is 2.82. The van der Waals surface area contributed by atoms with Gasteiger partial charge in [-0.3, -0.25) is 0 Å². The second-order valence-electron chi connectivity index (χ2n) is 1.17. The summed E-state index contributed by atoms with van der Waals surface area (Å²) in [6.45, 7) is 3.52. The summed E-state index contributed by atoms with van der Waals surface area (Å²) in [6.07, 6.45) is 1.42. The Labute approximate surface area is 48.4 Å². The predicted molar refractivity (Wildman–Crippen MR) is 29.5 cm³/mol. The van der Waals surface area contributed by atoms with Crippen molar-refractivity contribution >= 4 is 6.08 Å². The molecule has 0 unspecified atom stereocenters. The number of hydrogen-bond donors (Lipinski definition) is 0. The fraction of sp³-hybridized carbons (Fsp3) is 0.800. The first-order valence-corrected chi connectivity index (χ1v) is 2.53. The highest BCUT2D eigenvalue weighted by atomic mass is 16.5. The maximum atomic E-state index is 9.42. The van der Waals surface area contributed by atoms with E-state index in [-0.39, 0.29) is 0 Å². The van der Waals surface area contributed by atoms with E-state index in [1.54, 1.807) is 0 Å². The Kier molecular flexibility index (Phi) is 5.82. The molecule has 0 heterocycles. The number of aliphatic imine (C=N–C) groups is 1. The molecule has 0 radical (unpaired) electrons. The van der Waals surface area contributed by atoms with Gasteiger partial charge in [-0.1, -0.05) is 0 Å². The van der Waals surface area contributed by atoms with E-state index in [2.05, 4.69) is 4.99 Å². The van der Waals surface area contributed by atoms with Gasteiger partial charge < -0.3 is 4.74 Å². The zero-order valence-corrected chi connectivity index (χ0v) is 4.89. The SMILES string of the molecule is CCOCCN=C=O. The van der Waals surface area contributed by atoms with Gasteiger partial charge >= 0.3 is 0 Å². The van der Waals surface area contributed by atoms with E-state index in [4.69, 9.17) is 4.74 Å². The Morgan fingerprint density at radius 1 is 1.75 bits per heavy atom. The summed E-state index contributed by atoms with van der Waals surface area (Å²) in [5, 5.41) is 0. The lowest BCUT2D eigenvalue weighted by atomic mass is 10.7. The van der Waals surface area contributed by atoms with Crippen LogP contribution in [0.3, 0.4) is 0 Å². The van der Waals surface area contributed by atoms with E-state index in [0.29, 0.717) is 19.8 Å². The van der Waals surface area contributed by atoms with Gasteiger partial charge in [0.2, 0.25) is 6.08 Å². The lowest BCUT2D eigenvalue weighted by Gasteiger charge is -1.91. The van der Waals surface area contributed by atoms with Gasteiger partial charge in [0, 0.05) is 6.61 Å². The van der Waals surface area contributed by atoms with Crippen LogP contribution in [-0.4, -0.2) is 25.8 Å². The molecule has 0 bridgehead atoms. The van der Waals surface area contributed by atoms with E-state index in [0.717, 1.165) is 0 Å². The first-order valence-electron chi connectivity index (χ1n) is 2.53. The van der Waals surface area contributed by atoms with Crippen molar-refractivity contribution in [1.82, 2.24) is 0 Å². The van der Waals surface area contributed by atoms with Crippen LogP contribution in [0.25, 0.3) is 0 Å². The van der Waals surface area contributed by atoms with Crippen LogP contribution in [-0.2, 0) is 9.53 Å². The molecule has 0 rings (SSSR count). The van der Waals surface area contributed by atoms with Gasteiger partial charge in [-0.15, -0.1) is 0 Å². The van der Waals surface area contributed by atoms with Crippen molar-refractivity contribution in [3.63, 3.8) is 0 Å². The molecule has 46 valence electrons. The van der Waals surface area contributed by atoms with E-state index in [1.165, 1.54) is 6.08 Å². The Morgan fingerprint density at radius 3 is 3.00 bits per heavy atom. The van der Waals surface area contributed by atoms with Gasteiger partial charge in [-0.2, -0.15) is 0 Å². The summed E-state index contributed by atoms with van der Waals surface area (Å²) in [6, 6.07) is 0. The van der Waals surface area contributed by atoms with E-state index in [9.17, 15) is 4.79 Å². The summed E-state index contributed by atoms with van der Waals surface area (Å²) in [5.74, 6) is 0. The fourth-order valence-corrected chi connectivity index (χ4v) is 0.300. The molecule has 3 heteroatoms. The van der Waals surface area contributed by atoms with Crippen molar-refractivity contribution in [1.29, 1.82) is 0 Å². The second-order valence-corrected chi connectivity index (χ2v) is 1.17. The number of rotatable bonds is 4. The first kappa shape index (κ1) is 7.34. The Bertz CT molecular complexity index is 86.4. The zero-order valence-electron chi connectivity index (χ0n) is 4.89. The molecule has 0 saturated carbocycles. The second kappa shape index (κ2) is 6.34. The zero-order chi connectivity index (χ0) is 6.24. The third-order valence-electron chi connectivity index (χ3n) is 0.616. The van der Waals surface area contributed by atoms with Crippen molar-refractivity contribution in [3.05, 3.63) is 0 Å². The van der Waals surface area contributed by atoms with Crippen molar-refractivity contribution in [3.8, 4) is 0 Å². The summed E-state index contributed by atoms with van der Waals surface area (Å²) in [5.41, 5.74) is 0. The number of nitrogens with zero attached hydrogens (tertiary/aromatic N) is 1. The number of ether oxygens (including phenoxy) is 1. The summed E-state index contributed by atoms with van der Waals surface area (Å²) >= 11 is 0. The Morgan fingerprint density at radius 2 is 2.50 bits per heavy atom. The standard InChI is InChI=1S/C5H9NO2/c1-2-8-4-3-6-5-7/h2-4H2,1H3. The quantitative estimate of drug-likeness (QED) is 0.301. The van der Waals surface area contributed by atoms with Crippen LogP contribution in [0.1, 0.15) is 6.92 Å². The molecule has 0 amide bonds. The van der Waals surface area contributed by atoms with E-state index < -0.39 is 0 Å². The summed E-state index contributed by atoms with van der Waals surface area (Å²) in [4.78, 5) is 12.7. The highest BCUT2D eigenvalue weighted by molar-refractivity contribution is 5.32. The van der Waals surface area contributed by atoms with Crippen LogP contribution in [0.4, 0.5) is 0 Å². The molecule has 0 aromatic rings. The Hall–Kier alpha value is -0.660. The smallest absolute Gasteiger partial charge is 0.235 e. The molecule has 0 N–H and O–H groups in total. The molecular formula is C5H9NO2. The van der Waals surface area contributed by atoms with Crippen molar-refractivity contribution in [2.75, 3.05) is 19.8 Å². The molecular weight excluding hydrogens is 106 g/mol. The molecule has 8 heavy (non-hydrogen) atoms. The molecule has 0 aromatic carbocycles. The van der Waals surface area contributed by atoms with Gasteiger partial charge in [-0.05, 0) is 6.92 Å². The lowest BCUT2D eigenvalue weighted by molar-refractivity contribution is 0.156. The average molecular weight is 115 g/mol. The van der Waals surface area contributed by atoms with Gasteiger partial charge in [0.15, 0.2) is 0 Å². The topological polar surface area (TPSA) is 38.7 Å². The van der Waals surface area contributed by atoms with Crippen LogP contribution in [0.5, 0.6) is 0 Å². The first-order chi connectivity index (χ1) is 3.91. The molecule has 0 aliphatic rings. The van der Waals surface area contributed by atoms with Gasteiger partial charge in [0.1, 0.15) is 0 Å². The van der Waals surface area contributed by atoms with Crippen LogP contribution >= 0.6 is 0 Å². The van der Waals surface area contributed by atoms with Crippen LogP contribution in [0.2, 0.25) is 0 Å². The molecule has 3 nitrogen and oxygen atoms in total. The van der Waals surface area contributed by atoms with Gasteiger partial charge in [0.05, 0.1) is 13.2 Å². The largest absolute Gasteiger partial charge is 0.380 e. The summed E-state index contributed by atoms with van der Waals surface area (Å²) < 4.78 is 4.86. The van der Waals surface area contributed by atoms with Crippen molar-refractivity contribution in [2.45, 2.75) is 6.92 Å².